The van der Waals surface area contributed by atoms with Crippen molar-refractivity contribution in [2.24, 2.45) is 5.73 Å². The molecule has 0 atom stereocenters. The zero-order valence-electron chi connectivity index (χ0n) is 11.1. The van der Waals surface area contributed by atoms with Crippen LogP contribution in [0.15, 0.2) is 66.7 Å². The SMILES string of the molecule is NCc1ccc2c3ccccc3c3ccccc3c2c1. The molecule has 4 rings (SSSR count). The Morgan fingerprint density at radius 1 is 0.550 bits per heavy atom. The van der Waals surface area contributed by atoms with Crippen LogP contribution in [0.25, 0.3) is 32.3 Å². The highest BCUT2D eigenvalue weighted by Crippen LogP contribution is 2.35. The minimum atomic E-state index is 0.580. The molecule has 0 saturated carbocycles. The van der Waals surface area contributed by atoms with E-state index in [1.165, 1.54) is 37.9 Å². The standard InChI is InChI=1S/C19H15N/c20-12-13-9-10-18-16-7-2-1-5-14(16)15-6-3-4-8-17(15)19(18)11-13/h1-11H,12,20H2. The highest BCUT2D eigenvalue weighted by molar-refractivity contribution is 6.25. The fraction of sp³-hybridized carbons (Fsp3) is 0.0526. The zero-order chi connectivity index (χ0) is 13.5. The topological polar surface area (TPSA) is 26.0 Å². The first-order chi connectivity index (χ1) is 9.88. The maximum absolute atomic E-state index is 5.80. The molecule has 2 N–H and O–H groups in total. The summed E-state index contributed by atoms with van der Waals surface area (Å²) in [4.78, 5) is 0. The van der Waals surface area contributed by atoms with Crippen LogP contribution in [-0.4, -0.2) is 0 Å². The van der Waals surface area contributed by atoms with Crippen molar-refractivity contribution in [1.29, 1.82) is 0 Å². The van der Waals surface area contributed by atoms with E-state index in [2.05, 4.69) is 66.7 Å². The number of hydrogen-bond acceptors (Lipinski definition) is 1. The van der Waals surface area contributed by atoms with Crippen LogP contribution in [0.4, 0.5) is 0 Å². The number of nitrogens with two attached hydrogens (primary N) is 1. The quantitative estimate of drug-likeness (QED) is 0.495. The summed E-state index contributed by atoms with van der Waals surface area (Å²) >= 11 is 0. The molecule has 0 saturated heterocycles. The van der Waals surface area contributed by atoms with Gasteiger partial charge >= 0.3 is 0 Å². The Bertz CT molecular complexity index is 903. The third kappa shape index (κ3) is 1.54. The zero-order valence-corrected chi connectivity index (χ0v) is 11.1. The predicted octanol–water partition coefficient (Wildman–Crippen LogP) is 4.60. The first-order valence-electron chi connectivity index (χ1n) is 6.90. The van der Waals surface area contributed by atoms with Gasteiger partial charge in [-0.2, -0.15) is 0 Å². The summed E-state index contributed by atoms with van der Waals surface area (Å²) in [6.45, 7) is 0.580. The van der Waals surface area contributed by atoms with E-state index >= 15 is 0 Å². The van der Waals surface area contributed by atoms with Gasteiger partial charge in [-0.1, -0.05) is 60.7 Å². The van der Waals surface area contributed by atoms with Crippen molar-refractivity contribution >= 4 is 32.3 Å². The summed E-state index contributed by atoms with van der Waals surface area (Å²) in [6, 6.07) is 23.8. The van der Waals surface area contributed by atoms with Crippen molar-refractivity contribution in [2.45, 2.75) is 6.54 Å². The van der Waals surface area contributed by atoms with Crippen LogP contribution in [0.3, 0.4) is 0 Å². The summed E-state index contributed by atoms with van der Waals surface area (Å²) in [5.74, 6) is 0. The van der Waals surface area contributed by atoms with Crippen molar-refractivity contribution < 1.29 is 0 Å². The Hall–Kier alpha value is -2.38. The van der Waals surface area contributed by atoms with Crippen molar-refractivity contribution in [1.82, 2.24) is 0 Å². The molecule has 0 aliphatic rings. The molecule has 0 aliphatic carbocycles. The molecule has 0 fully saturated rings. The number of hydrogen-bond donors (Lipinski definition) is 1. The highest BCUT2D eigenvalue weighted by Gasteiger charge is 2.07. The van der Waals surface area contributed by atoms with Crippen LogP contribution in [0.1, 0.15) is 5.56 Å². The molecule has 20 heavy (non-hydrogen) atoms. The summed E-state index contributed by atoms with van der Waals surface area (Å²) in [6.07, 6.45) is 0. The monoisotopic (exact) mass is 257 g/mol. The van der Waals surface area contributed by atoms with Crippen molar-refractivity contribution in [2.75, 3.05) is 0 Å². The molecule has 96 valence electrons. The molecular weight excluding hydrogens is 242 g/mol. The van der Waals surface area contributed by atoms with E-state index in [4.69, 9.17) is 5.73 Å². The Balaban J connectivity index is 2.35. The van der Waals surface area contributed by atoms with E-state index in [9.17, 15) is 0 Å². The third-order valence-corrected chi connectivity index (χ3v) is 4.04. The first kappa shape index (κ1) is 11.4. The van der Waals surface area contributed by atoms with Crippen molar-refractivity contribution in [3.8, 4) is 0 Å². The molecule has 4 aromatic rings. The van der Waals surface area contributed by atoms with Crippen LogP contribution >= 0.6 is 0 Å². The number of rotatable bonds is 1. The number of benzene rings is 4. The van der Waals surface area contributed by atoms with Gasteiger partial charge in [-0.15, -0.1) is 0 Å². The van der Waals surface area contributed by atoms with Gasteiger partial charge in [-0.3, -0.25) is 0 Å². The van der Waals surface area contributed by atoms with Crippen LogP contribution in [-0.2, 0) is 6.54 Å². The molecular formula is C19H15N. The maximum Gasteiger partial charge on any atom is 0.0178 e. The van der Waals surface area contributed by atoms with E-state index < -0.39 is 0 Å². The van der Waals surface area contributed by atoms with Gasteiger partial charge in [-0.05, 0) is 43.9 Å². The van der Waals surface area contributed by atoms with E-state index in [0.29, 0.717) is 6.54 Å². The van der Waals surface area contributed by atoms with Gasteiger partial charge in [0.1, 0.15) is 0 Å². The lowest BCUT2D eigenvalue weighted by atomic mass is 9.93. The molecule has 1 nitrogen and oxygen atoms in total. The molecule has 0 heterocycles. The second-order valence-corrected chi connectivity index (χ2v) is 5.18. The molecule has 0 bridgehead atoms. The predicted molar refractivity (Wildman–Crippen MR) is 86.9 cm³/mol. The molecule has 1 heteroatoms. The van der Waals surface area contributed by atoms with Gasteiger partial charge < -0.3 is 5.73 Å². The summed E-state index contributed by atoms with van der Waals surface area (Å²) in [5, 5.41) is 7.83. The van der Waals surface area contributed by atoms with Crippen molar-refractivity contribution in [3.05, 3.63) is 72.3 Å². The fourth-order valence-corrected chi connectivity index (χ4v) is 3.08. The second-order valence-electron chi connectivity index (χ2n) is 5.18. The highest BCUT2D eigenvalue weighted by atomic mass is 14.5. The van der Waals surface area contributed by atoms with E-state index in [0.717, 1.165) is 0 Å². The fourth-order valence-electron chi connectivity index (χ4n) is 3.08. The third-order valence-electron chi connectivity index (χ3n) is 4.04. The molecule has 0 spiro atoms. The molecule has 0 radical (unpaired) electrons. The lowest BCUT2D eigenvalue weighted by Crippen LogP contribution is -1.95. The van der Waals surface area contributed by atoms with Gasteiger partial charge in [0.05, 0.1) is 0 Å². The summed E-state index contributed by atoms with van der Waals surface area (Å²) in [5.41, 5.74) is 6.98. The largest absolute Gasteiger partial charge is 0.326 e. The second kappa shape index (κ2) is 4.32. The molecule has 4 aromatic carbocycles. The average Bonchev–Trinajstić information content (AvgIpc) is 2.54. The first-order valence-corrected chi connectivity index (χ1v) is 6.90. The van der Waals surface area contributed by atoms with Crippen molar-refractivity contribution in [3.63, 3.8) is 0 Å². The summed E-state index contributed by atoms with van der Waals surface area (Å²) in [7, 11) is 0. The van der Waals surface area contributed by atoms with Crippen LogP contribution in [0.5, 0.6) is 0 Å². The van der Waals surface area contributed by atoms with Crippen LogP contribution < -0.4 is 5.73 Å². The van der Waals surface area contributed by atoms with E-state index in [1.54, 1.807) is 0 Å². The van der Waals surface area contributed by atoms with Crippen LogP contribution in [0.2, 0.25) is 0 Å². The van der Waals surface area contributed by atoms with E-state index in [1.807, 2.05) is 0 Å². The minimum Gasteiger partial charge on any atom is -0.326 e. The molecule has 0 aliphatic heterocycles. The normalized spacial score (nSPS) is 11.4. The Labute approximate surface area is 117 Å². The van der Waals surface area contributed by atoms with Gasteiger partial charge in [0.25, 0.3) is 0 Å². The molecule has 0 amide bonds. The number of fused-ring (bicyclic) bond motifs is 6. The molecule has 0 unspecified atom stereocenters. The lowest BCUT2D eigenvalue weighted by molar-refractivity contribution is 1.08. The Morgan fingerprint density at radius 3 is 1.50 bits per heavy atom. The average molecular weight is 257 g/mol. The van der Waals surface area contributed by atoms with Gasteiger partial charge in [-0.25, -0.2) is 0 Å². The lowest BCUT2D eigenvalue weighted by Gasteiger charge is -2.11. The molecule has 0 aromatic heterocycles. The minimum absolute atomic E-state index is 0.580. The Morgan fingerprint density at radius 2 is 1.00 bits per heavy atom. The maximum atomic E-state index is 5.80. The van der Waals surface area contributed by atoms with Gasteiger partial charge in [0.2, 0.25) is 0 Å². The Kier molecular flexibility index (Phi) is 2.48. The van der Waals surface area contributed by atoms with Gasteiger partial charge in [0, 0.05) is 6.54 Å². The van der Waals surface area contributed by atoms with E-state index in [-0.39, 0.29) is 0 Å². The van der Waals surface area contributed by atoms with Crippen LogP contribution in [0, 0.1) is 0 Å². The van der Waals surface area contributed by atoms with Gasteiger partial charge in [0.15, 0.2) is 0 Å². The summed E-state index contributed by atoms with van der Waals surface area (Å²) < 4.78 is 0. The smallest absolute Gasteiger partial charge is 0.0178 e.